The van der Waals surface area contributed by atoms with E-state index in [1.807, 2.05) is 0 Å². The molecule has 0 fully saturated rings. The van der Waals surface area contributed by atoms with Gasteiger partial charge in [0.25, 0.3) is 0 Å². The van der Waals surface area contributed by atoms with Crippen molar-refractivity contribution in [1.82, 2.24) is 0 Å². The number of aromatic hydroxyl groups is 1. The van der Waals surface area contributed by atoms with Gasteiger partial charge >= 0.3 is 5.97 Å². The van der Waals surface area contributed by atoms with Crippen LogP contribution >= 0.6 is 0 Å². The minimum Gasteiger partial charge on any atom is -0.507 e. The Balaban J connectivity index is 2.15. The van der Waals surface area contributed by atoms with Crippen molar-refractivity contribution >= 4 is 16.9 Å². The summed E-state index contributed by atoms with van der Waals surface area (Å²) in [6, 6.07) is 9.88. The van der Waals surface area contributed by atoms with Gasteiger partial charge in [-0.25, -0.2) is 9.18 Å². The van der Waals surface area contributed by atoms with E-state index in [9.17, 15) is 14.3 Å². The predicted octanol–water partition coefficient (Wildman–Crippen LogP) is 3.64. The van der Waals surface area contributed by atoms with Crippen LogP contribution in [0.5, 0.6) is 5.75 Å². The number of fused-ring (bicyclic) bond motifs is 1. The molecule has 0 spiro atoms. The number of rotatable bonds is 2. The average Bonchev–Trinajstić information content (AvgIpc) is 2.81. The lowest BCUT2D eigenvalue weighted by Crippen LogP contribution is -1.96. The Morgan fingerprint density at radius 3 is 2.65 bits per heavy atom. The molecule has 0 bridgehead atoms. The minimum absolute atomic E-state index is 0.214. The maximum absolute atomic E-state index is 13.1. The monoisotopic (exact) mass is 272 g/mol. The van der Waals surface area contributed by atoms with Crippen LogP contribution in [0.4, 0.5) is 4.39 Å². The molecule has 2 N–H and O–H groups in total. The Hall–Kier alpha value is -2.82. The largest absolute Gasteiger partial charge is 0.507 e. The third kappa shape index (κ3) is 1.99. The highest BCUT2D eigenvalue weighted by molar-refractivity contribution is 5.93. The quantitative estimate of drug-likeness (QED) is 0.747. The van der Waals surface area contributed by atoms with Crippen LogP contribution in [0.1, 0.15) is 10.4 Å². The van der Waals surface area contributed by atoms with E-state index >= 15 is 0 Å². The van der Waals surface area contributed by atoms with Gasteiger partial charge in [-0.05, 0) is 42.5 Å². The van der Waals surface area contributed by atoms with Crippen LogP contribution in [-0.4, -0.2) is 16.2 Å². The SMILES string of the molecule is O=C(O)c1cc(-c2cc3cc(F)ccc3o2)ccc1O. The number of halogens is 1. The summed E-state index contributed by atoms with van der Waals surface area (Å²) in [6.07, 6.45) is 0. The van der Waals surface area contributed by atoms with Crippen LogP contribution in [-0.2, 0) is 0 Å². The van der Waals surface area contributed by atoms with Gasteiger partial charge in [-0.15, -0.1) is 0 Å². The second kappa shape index (κ2) is 4.38. The van der Waals surface area contributed by atoms with Gasteiger partial charge in [0.15, 0.2) is 0 Å². The predicted molar refractivity (Wildman–Crippen MR) is 70.2 cm³/mol. The molecule has 3 aromatic rings. The molecule has 4 nitrogen and oxygen atoms in total. The summed E-state index contributed by atoms with van der Waals surface area (Å²) in [5.74, 6) is -1.51. The third-order valence-corrected chi connectivity index (χ3v) is 2.99. The van der Waals surface area contributed by atoms with Gasteiger partial charge in [0.1, 0.15) is 28.5 Å². The summed E-state index contributed by atoms with van der Waals surface area (Å²) in [6.45, 7) is 0. The molecule has 1 heterocycles. The topological polar surface area (TPSA) is 70.7 Å². The molecule has 0 aliphatic carbocycles. The minimum atomic E-state index is -1.23. The van der Waals surface area contributed by atoms with Gasteiger partial charge in [-0.2, -0.15) is 0 Å². The fraction of sp³-hybridized carbons (Fsp3) is 0. The molecule has 0 saturated heterocycles. The van der Waals surface area contributed by atoms with Gasteiger partial charge < -0.3 is 14.6 Å². The van der Waals surface area contributed by atoms with Crippen LogP contribution in [0.3, 0.4) is 0 Å². The molecule has 2 aromatic carbocycles. The lowest BCUT2D eigenvalue weighted by atomic mass is 10.1. The Labute approximate surface area is 112 Å². The summed E-state index contributed by atoms with van der Waals surface area (Å²) in [5, 5.41) is 19.0. The Kier molecular flexibility index (Phi) is 2.68. The first-order chi connectivity index (χ1) is 9.54. The highest BCUT2D eigenvalue weighted by atomic mass is 19.1. The molecule has 20 heavy (non-hydrogen) atoms. The molecule has 0 amide bonds. The van der Waals surface area contributed by atoms with E-state index in [-0.39, 0.29) is 17.1 Å². The van der Waals surface area contributed by atoms with E-state index in [0.29, 0.717) is 22.3 Å². The van der Waals surface area contributed by atoms with Gasteiger partial charge in [-0.3, -0.25) is 0 Å². The number of furan rings is 1. The summed E-state index contributed by atoms with van der Waals surface area (Å²) in [7, 11) is 0. The van der Waals surface area contributed by atoms with Crippen molar-refractivity contribution < 1.29 is 23.8 Å². The molecule has 0 radical (unpaired) electrons. The number of phenols is 1. The van der Waals surface area contributed by atoms with Crippen LogP contribution in [0.15, 0.2) is 46.9 Å². The summed E-state index contributed by atoms with van der Waals surface area (Å²) >= 11 is 0. The third-order valence-electron chi connectivity index (χ3n) is 2.99. The van der Waals surface area contributed by atoms with E-state index < -0.39 is 5.97 Å². The van der Waals surface area contributed by atoms with Crippen LogP contribution in [0, 0.1) is 5.82 Å². The maximum Gasteiger partial charge on any atom is 0.339 e. The number of aromatic carboxylic acids is 1. The lowest BCUT2D eigenvalue weighted by Gasteiger charge is -2.01. The number of hydrogen-bond acceptors (Lipinski definition) is 3. The Morgan fingerprint density at radius 1 is 1.10 bits per heavy atom. The van der Waals surface area contributed by atoms with Gasteiger partial charge in [-0.1, -0.05) is 0 Å². The molecule has 1 aromatic heterocycles. The Bertz CT molecular complexity index is 820. The molecule has 0 aliphatic rings. The normalized spacial score (nSPS) is 10.8. The zero-order chi connectivity index (χ0) is 14.3. The van der Waals surface area contributed by atoms with Crippen molar-refractivity contribution in [3.8, 4) is 17.1 Å². The zero-order valence-corrected chi connectivity index (χ0v) is 10.1. The molecule has 0 aliphatic heterocycles. The molecule has 100 valence electrons. The van der Waals surface area contributed by atoms with Crippen LogP contribution < -0.4 is 0 Å². The summed E-state index contributed by atoms with van der Waals surface area (Å²) in [4.78, 5) is 11.0. The van der Waals surface area contributed by atoms with E-state index in [1.54, 1.807) is 6.07 Å². The van der Waals surface area contributed by atoms with Crippen molar-refractivity contribution in [1.29, 1.82) is 0 Å². The van der Waals surface area contributed by atoms with Crippen LogP contribution in [0.25, 0.3) is 22.3 Å². The van der Waals surface area contributed by atoms with Crippen molar-refractivity contribution in [2.24, 2.45) is 0 Å². The summed E-state index contributed by atoms with van der Waals surface area (Å²) in [5.41, 5.74) is 0.789. The number of carboxylic acid groups (broad SMARTS) is 1. The van der Waals surface area contributed by atoms with E-state index in [4.69, 9.17) is 9.52 Å². The average molecular weight is 272 g/mol. The van der Waals surface area contributed by atoms with Gasteiger partial charge in [0, 0.05) is 10.9 Å². The second-order valence-corrected chi connectivity index (χ2v) is 4.33. The molecule has 0 atom stereocenters. The van der Waals surface area contributed by atoms with Gasteiger partial charge in [0.05, 0.1) is 0 Å². The zero-order valence-electron chi connectivity index (χ0n) is 10.1. The number of benzene rings is 2. The van der Waals surface area contributed by atoms with Crippen molar-refractivity contribution in [3.05, 3.63) is 53.8 Å². The van der Waals surface area contributed by atoms with Crippen molar-refractivity contribution in [2.45, 2.75) is 0 Å². The standard InChI is InChI=1S/C15H9FO4/c16-10-2-4-13-9(5-10)7-14(20-13)8-1-3-12(17)11(6-8)15(18)19/h1-7,17H,(H,18,19). The van der Waals surface area contributed by atoms with Gasteiger partial charge in [0.2, 0.25) is 0 Å². The fourth-order valence-electron chi connectivity index (χ4n) is 2.02. The first-order valence-electron chi connectivity index (χ1n) is 5.80. The first kappa shape index (κ1) is 12.2. The molecule has 0 unspecified atom stereocenters. The van der Waals surface area contributed by atoms with Crippen LogP contribution in [0.2, 0.25) is 0 Å². The second-order valence-electron chi connectivity index (χ2n) is 4.33. The van der Waals surface area contributed by atoms with E-state index in [1.165, 1.54) is 36.4 Å². The molecule has 5 heteroatoms. The van der Waals surface area contributed by atoms with E-state index in [0.717, 1.165) is 0 Å². The van der Waals surface area contributed by atoms with Crippen molar-refractivity contribution in [2.75, 3.05) is 0 Å². The molecular weight excluding hydrogens is 263 g/mol. The number of carbonyl (C=O) groups is 1. The lowest BCUT2D eigenvalue weighted by molar-refractivity contribution is 0.0694. The fourth-order valence-corrected chi connectivity index (χ4v) is 2.02. The number of hydrogen-bond donors (Lipinski definition) is 2. The maximum atomic E-state index is 13.1. The molecule has 3 rings (SSSR count). The van der Waals surface area contributed by atoms with E-state index in [2.05, 4.69) is 0 Å². The highest BCUT2D eigenvalue weighted by Crippen LogP contribution is 2.31. The summed E-state index contributed by atoms with van der Waals surface area (Å²) < 4.78 is 18.7. The number of carboxylic acids is 1. The molecular formula is C15H9FO4. The van der Waals surface area contributed by atoms with Crippen molar-refractivity contribution in [3.63, 3.8) is 0 Å². The Morgan fingerprint density at radius 2 is 1.90 bits per heavy atom. The molecule has 0 saturated carbocycles. The smallest absolute Gasteiger partial charge is 0.339 e. The first-order valence-corrected chi connectivity index (χ1v) is 5.80. The highest BCUT2D eigenvalue weighted by Gasteiger charge is 2.13.